The second-order valence-corrected chi connectivity index (χ2v) is 5.55. The highest BCUT2D eigenvalue weighted by Gasteiger charge is 2.10. The number of rotatable bonds is 6. The third kappa shape index (κ3) is 4.06. The molecule has 3 heteroatoms. The number of benzene rings is 2. The van der Waals surface area contributed by atoms with Crippen molar-refractivity contribution in [3.63, 3.8) is 0 Å². The lowest BCUT2D eigenvalue weighted by Crippen LogP contribution is -2.22. The summed E-state index contributed by atoms with van der Waals surface area (Å²) in [5.41, 5.74) is 3.58. The molecule has 0 spiro atoms. The van der Waals surface area contributed by atoms with E-state index in [-0.39, 0.29) is 0 Å². The number of aromatic nitrogens is 1. The van der Waals surface area contributed by atoms with E-state index in [1.165, 1.54) is 11.1 Å². The van der Waals surface area contributed by atoms with Crippen molar-refractivity contribution in [3.8, 4) is 0 Å². The van der Waals surface area contributed by atoms with Crippen LogP contribution < -0.4 is 0 Å². The molecule has 3 nitrogen and oxygen atoms in total. The normalized spacial score (nSPS) is 11.0. The number of hydrogen-bond acceptors (Lipinski definition) is 3. The maximum Gasteiger partial charge on any atom is 0.133 e. The molecule has 0 aliphatic heterocycles. The molecule has 2 aromatic carbocycles. The van der Waals surface area contributed by atoms with E-state index in [9.17, 15) is 0 Å². The highest BCUT2D eigenvalue weighted by Crippen LogP contribution is 2.14. The van der Waals surface area contributed by atoms with Crippen LogP contribution in [0.1, 0.15) is 22.6 Å². The summed E-state index contributed by atoms with van der Waals surface area (Å²) in [5.74, 6) is 0.856. The molecule has 0 fully saturated rings. The van der Waals surface area contributed by atoms with Gasteiger partial charge in [-0.1, -0.05) is 65.8 Å². The van der Waals surface area contributed by atoms with E-state index in [0.29, 0.717) is 0 Å². The standard InChI is InChI=1S/C19H20N2O/c1-16-12-19(20-22-16)15-21(13-17-8-4-2-5-9-17)14-18-10-6-3-7-11-18/h2-12H,13-15H2,1H3. The molecule has 22 heavy (non-hydrogen) atoms. The Morgan fingerprint density at radius 1 is 0.818 bits per heavy atom. The molecule has 0 aliphatic rings. The minimum absolute atomic E-state index is 0.779. The molecule has 1 heterocycles. The van der Waals surface area contributed by atoms with Crippen LogP contribution in [0.5, 0.6) is 0 Å². The molecule has 3 aromatic rings. The van der Waals surface area contributed by atoms with E-state index in [1.54, 1.807) is 0 Å². The Hall–Kier alpha value is -2.39. The summed E-state index contributed by atoms with van der Waals surface area (Å²) in [7, 11) is 0. The van der Waals surface area contributed by atoms with Gasteiger partial charge < -0.3 is 4.52 Å². The van der Waals surface area contributed by atoms with E-state index in [2.05, 4.69) is 58.6 Å². The highest BCUT2D eigenvalue weighted by atomic mass is 16.5. The zero-order chi connectivity index (χ0) is 15.2. The molecule has 0 saturated heterocycles. The maximum atomic E-state index is 5.19. The number of nitrogens with zero attached hydrogens (tertiary/aromatic N) is 2. The van der Waals surface area contributed by atoms with Crippen LogP contribution in [0.2, 0.25) is 0 Å². The summed E-state index contributed by atoms with van der Waals surface area (Å²) < 4.78 is 5.19. The molecule has 1 aromatic heterocycles. The van der Waals surface area contributed by atoms with E-state index < -0.39 is 0 Å². The van der Waals surface area contributed by atoms with Gasteiger partial charge in [-0.2, -0.15) is 0 Å². The fraction of sp³-hybridized carbons (Fsp3) is 0.211. The van der Waals surface area contributed by atoms with Crippen LogP contribution in [0.25, 0.3) is 0 Å². The lowest BCUT2D eigenvalue weighted by molar-refractivity contribution is 0.239. The van der Waals surface area contributed by atoms with Gasteiger partial charge in [0.25, 0.3) is 0 Å². The first-order chi connectivity index (χ1) is 10.8. The van der Waals surface area contributed by atoms with Crippen molar-refractivity contribution in [2.24, 2.45) is 0 Å². The molecule has 0 radical (unpaired) electrons. The molecule has 0 N–H and O–H groups in total. The minimum atomic E-state index is 0.779. The summed E-state index contributed by atoms with van der Waals surface area (Å²) >= 11 is 0. The van der Waals surface area contributed by atoms with E-state index >= 15 is 0 Å². The fourth-order valence-corrected chi connectivity index (χ4v) is 2.57. The zero-order valence-electron chi connectivity index (χ0n) is 12.8. The molecular formula is C19H20N2O. The largest absolute Gasteiger partial charge is 0.361 e. The predicted molar refractivity (Wildman–Crippen MR) is 87.1 cm³/mol. The van der Waals surface area contributed by atoms with Gasteiger partial charge in [0.15, 0.2) is 0 Å². The van der Waals surface area contributed by atoms with Crippen molar-refractivity contribution in [1.29, 1.82) is 0 Å². The van der Waals surface area contributed by atoms with E-state index in [0.717, 1.165) is 31.1 Å². The average Bonchev–Trinajstić information content (AvgIpc) is 2.94. The smallest absolute Gasteiger partial charge is 0.133 e. The van der Waals surface area contributed by atoms with Crippen molar-refractivity contribution in [2.45, 2.75) is 26.6 Å². The lowest BCUT2D eigenvalue weighted by Gasteiger charge is -2.21. The molecule has 112 valence electrons. The molecule has 0 bridgehead atoms. The SMILES string of the molecule is Cc1cc(CN(Cc2ccccc2)Cc2ccccc2)no1. The molecule has 0 amide bonds. The Balaban J connectivity index is 1.75. The first kappa shape index (κ1) is 14.5. The van der Waals surface area contributed by atoms with Gasteiger partial charge in [-0.05, 0) is 18.1 Å². The molecular weight excluding hydrogens is 272 g/mol. The summed E-state index contributed by atoms with van der Waals surface area (Å²) in [5, 5.41) is 4.12. The van der Waals surface area contributed by atoms with Crippen LogP contribution in [0.4, 0.5) is 0 Å². The second kappa shape index (κ2) is 7.05. The summed E-state index contributed by atoms with van der Waals surface area (Å²) in [4.78, 5) is 2.38. The quantitative estimate of drug-likeness (QED) is 0.682. The Kier molecular flexibility index (Phi) is 4.66. The summed E-state index contributed by atoms with van der Waals surface area (Å²) in [6, 6.07) is 23.1. The third-order valence-corrected chi connectivity index (χ3v) is 3.56. The van der Waals surface area contributed by atoms with E-state index in [1.807, 2.05) is 25.1 Å². The van der Waals surface area contributed by atoms with Crippen molar-refractivity contribution in [3.05, 3.63) is 89.3 Å². The van der Waals surface area contributed by atoms with Gasteiger partial charge in [-0.3, -0.25) is 4.90 Å². The van der Waals surface area contributed by atoms with Crippen LogP contribution >= 0.6 is 0 Å². The molecule has 0 aliphatic carbocycles. The number of aryl methyl sites for hydroxylation is 1. The Bertz CT molecular complexity index is 650. The molecule has 0 atom stereocenters. The third-order valence-electron chi connectivity index (χ3n) is 3.56. The van der Waals surface area contributed by atoms with Gasteiger partial charge in [0.2, 0.25) is 0 Å². The van der Waals surface area contributed by atoms with E-state index in [4.69, 9.17) is 4.52 Å². The van der Waals surface area contributed by atoms with Crippen LogP contribution in [0, 0.1) is 6.92 Å². The van der Waals surface area contributed by atoms with Crippen LogP contribution in [0.15, 0.2) is 71.3 Å². The molecule has 0 saturated carbocycles. The number of hydrogen-bond donors (Lipinski definition) is 0. The Morgan fingerprint density at radius 2 is 1.36 bits per heavy atom. The monoisotopic (exact) mass is 292 g/mol. The van der Waals surface area contributed by atoms with Gasteiger partial charge in [-0.25, -0.2) is 0 Å². The van der Waals surface area contributed by atoms with Crippen LogP contribution in [0.3, 0.4) is 0 Å². The van der Waals surface area contributed by atoms with Crippen molar-refractivity contribution < 1.29 is 4.52 Å². The zero-order valence-corrected chi connectivity index (χ0v) is 12.8. The average molecular weight is 292 g/mol. The van der Waals surface area contributed by atoms with Crippen molar-refractivity contribution >= 4 is 0 Å². The molecule has 0 unspecified atom stereocenters. The fourth-order valence-electron chi connectivity index (χ4n) is 2.57. The van der Waals surface area contributed by atoms with Crippen LogP contribution in [-0.2, 0) is 19.6 Å². The van der Waals surface area contributed by atoms with Gasteiger partial charge in [0.1, 0.15) is 5.76 Å². The van der Waals surface area contributed by atoms with Gasteiger partial charge in [0, 0.05) is 25.7 Å². The second-order valence-electron chi connectivity index (χ2n) is 5.55. The Labute approximate surface area is 131 Å². The summed E-state index contributed by atoms with van der Waals surface area (Å²) in [6.45, 7) is 4.49. The Morgan fingerprint density at radius 3 is 1.82 bits per heavy atom. The topological polar surface area (TPSA) is 29.3 Å². The molecule has 3 rings (SSSR count). The van der Waals surface area contributed by atoms with Gasteiger partial charge in [0.05, 0.1) is 5.69 Å². The first-order valence-corrected chi connectivity index (χ1v) is 7.52. The van der Waals surface area contributed by atoms with Gasteiger partial charge in [-0.15, -0.1) is 0 Å². The van der Waals surface area contributed by atoms with Gasteiger partial charge >= 0.3 is 0 Å². The predicted octanol–water partition coefficient (Wildman–Crippen LogP) is 4.19. The highest BCUT2D eigenvalue weighted by molar-refractivity contribution is 5.17. The van der Waals surface area contributed by atoms with Crippen molar-refractivity contribution in [1.82, 2.24) is 10.1 Å². The minimum Gasteiger partial charge on any atom is -0.361 e. The lowest BCUT2D eigenvalue weighted by atomic mass is 10.1. The first-order valence-electron chi connectivity index (χ1n) is 7.52. The maximum absolute atomic E-state index is 5.19. The summed E-state index contributed by atoms with van der Waals surface area (Å²) in [6.07, 6.45) is 0. The van der Waals surface area contributed by atoms with Crippen molar-refractivity contribution in [2.75, 3.05) is 0 Å². The van der Waals surface area contributed by atoms with Crippen LogP contribution in [-0.4, -0.2) is 10.1 Å².